The lowest BCUT2D eigenvalue weighted by atomic mass is 9.97. The van der Waals surface area contributed by atoms with Crippen LogP contribution < -0.4 is 0 Å². The molecule has 0 aromatic rings. The van der Waals surface area contributed by atoms with Gasteiger partial charge in [-0.3, -0.25) is 4.90 Å². The van der Waals surface area contributed by atoms with E-state index in [-0.39, 0.29) is 5.54 Å². The number of nitriles is 1. The summed E-state index contributed by atoms with van der Waals surface area (Å²) in [5, 5.41) is 9.20. The maximum absolute atomic E-state index is 9.20. The van der Waals surface area contributed by atoms with Crippen LogP contribution in [0.2, 0.25) is 0 Å². The molecule has 74 valence electrons. The fourth-order valence-electron chi connectivity index (χ4n) is 1.98. The average molecular weight is 182 g/mol. The molecule has 1 unspecified atom stereocenters. The van der Waals surface area contributed by atoms with Crippen LogP contribution in [0.25, 0.3) is 0 Å². The summed E-state index contributed by atoms with van der Waals surface area (Å²) in [6, 6.07) is 2.41. The van der Waals surface area contributed by atoms with Crippen LogP contribution in [0, 0.1) is 11.3 Å². The van der Waals surface area contributed by atoms with E-state index in [4.69, 9.17) is 4.74 Å². The van der Waals surface area contributed by atoms with Crippen LogP contribution in [-0.4, -0.2) is 37.2 Å². The van der Waals surface area contributed by atoms with Crippen LogP contribution >= 0.6 is 0 Å². The normalized spacial score (nSPS) is 22.5. The van der Waals surface area contributed by atoms with Crippen LogP contribution in [0.3, 0.4) is 0 Å². The third-order valence-electron chi connectivity index (χ3n) is 2.89. The molecule has 0 amide bonds. The highest BCUT2D eigenvalue weighted by Crippen LogP contribution is 2.24. The van der Waals surface area contributed by atoms with E-state index in [1.54, 1.807) is 7.11 Å². The molecule has 1 aliphatic heterocycles. The second kappa shape index (κ2) is 4.59. The second-order valence-electron chi connectivity index (χ2n) is 3.62. The largest absolute Gasteiger partial charge is 0.382 e. The fraction of sp³-hybridized carbons (Fsp3) is 0.900. The van der Waals surface area contributed by atoms with Gasteiger partial charge >= 0.3 is 0 Å². The molecule has 0 aliphatic carbocycles. The molecule has 1 atom stereocenters. The quantitative estimate of drug-likeness (QED) is 0.659. The van der Waals surface area contributed by atoms with Crippen molar-refractivity contribution in [3.05, 3.63) is 0 Å². The third-order valence-corrected chi connectivity index (χ3v) is 2.89. The number of rotatable bonds is 4. The lowest BCUT2D eigenvalue weighted by Gasteiger charge is -2.34. The minimum absolute atomic E-state index is 0.370. The zero-order valence-corrected chi connectivity index (χ0v) is 8.55. The first kappa shape index (κ1) is 10.5. The van der Waals surface area contributed by atoms with Crippen molar-refractivity contribution in [3.8, 4) is 6.07 Å². The maximum atomic E-state index is 9.20. The molecule has 3 heteroatoms. The first-order chi connectivity index (χ1) is 6.29. The SMILES string of the molecule is CCC(C#N)(COC)N1CCCC1. The van der Waals surface area contributed by atoms with Crippen molar-refractivity contribution in [2.45, 2.75) is 31.7 Å². The van der Waals surface area contributed by atoms with Gasteiger partial charge in [-0.2, -0.15) is 5.26 Å². The Kier molecular flexibility index (Phi) is 3.71. The van der Waals surface area contributed by atoms with Gasteiger partial charge in [0.1, 0.15) is 5.54 Å². The summed E-state index contributed by atoms with van der Waals surface area (Å²) in [4.78, 5) is 2.26. The number of hydrogen-bond acceptors (Lipinski definition) is 3. The molecular formula is C10H18N2O. The first-order valence-corrected chi connectivity index (χ1v) is 4.94. The molecule has 1 aliphatic rings. The van der Waals surface area contributed by atoms with E-state index < -0.39 is 0 Å². The molecule has 0 spiro atoms. The van der Waals surface area contributed by atoms with Crippen LogP contribution in [0.4, 0.5) is 0 Å². The minimum Gasteiger partial charge on any atom is -0.382 e. The van der Waals surface area contributed by atoms with Crippen LogP contribution in [-0.2, 0) is 4.74 Å². The molecule has 0 bridgehead atoms. The van der Waals surface area contributed by atoms with Gasteiger partial charge < -0.3 is 4.74 Å². The summed E-state index contributed by atoms with van der Waals surface area (Å²) in [5.41, 5.74) is -0.370. The van der Waals surface area contributed by atoms with E-state index in [2.05, 4.69) is 17.9 Å². The highest BCUT2D eigenvalue weighted by molar-refractivity contribution is 5.08. The molecule has 1 rings (SSSR count). The molecule has 1 saturated heterocycles. The van der Waals surface area contributed by atoms with Gasteiger partial charge in [0.15, 0.2) is 0 Å². The number of ether oxygens (including phenoxy) is 1. The Morgan fingerprint density at radius 2 is 2.08 bits per heavy atom. The molecule has 1 fully saturated rings. The number of hydrogen-bond donors (Lipinski definition) is 0. The molecule has 13 heavy (non-hydrogen) atoms. The van der Waals surface area contributed by atoms with Crippen LogP contribution in [0.15, 0.2) is 0 Å². The molecule has 0 N–H and O–H groups in total. The lowest BCUT2D eigenvalue weighted by Crippen LogP contribution is -2.49. The fourth-order valence-corrected chi connectivity index (χ4v) is 1.98. The highest BCUT2D eigenvalue weighted by Gasteiger charge is 2.36. The van der Waals surface area contributed by atoms with Gasteiger partial charge in [0.05, 0.1) is 12.7 Å². The standard InChI is InChI=1S/C10H18N2O/c1-3-10(8-11,9-13-2)12-6-4-5-7-12/h3-7,9H2,1-2H3. The lowest BCUT2D eigenvalue weighted by molar-refractivity contribution is 0.0588. The number of methoxy groups -OCH3 is 1. The Balaban J connectivity index is 2.69. The van der Waals surface area contributed by atoms with Crippen molar-refractivity contribution in [1.82, 2.24) is 4.90 Å². The zero-order chi connectivity index (χ0) is 9.73. The van der Waals surface area contributed by atoms with Gasteiger partial charge in [0, 0.05) is 7.11 Å². The summed E-state index contributed by atoms with van der Waals surface area (Å²) in [7, 11) is 1.66. The summed E-state index contributed by atoms with van der Waals surface area (Å²) in [6.45, 7) is 4.68. The van der Waals surface area contributed by atoms with Gasteiger partial charge in [0.2, 0.25) is 0 Å². The Bertz CT molecular complexity index is 194. The monoisotopic (exact) mass is 182 g/mol. The van der Waals surface area contributed by atoms with Crippen molar-refractivity contribution in [3.63, 3.8) is 0 Å². The van der Waals surface area contributed by atoms with Crippen LogP contribution in [0.5, 0.6) is 0 Å². The van der Waals surface area contributed by atoms with Crippen molar-refractivity contribution >= 4 is 0 Å². The van der Waals surface area contributed by atoms with Crippen molar-refractivity contribution in [2.24, 2.45) is 0 Å². The van der Waals surface area contributed by atoms with Gasteiger partial charge in [-0.1, -0.05) is 6.92 Å². The molecule has 3 nitrogen and oxygen atoms in total. The van der Waals surface area contributed by atoms with E-state index in [1.165, 1.54) is 12.8 Å². The number of likely N-dealkylation sites (tertiary alicyclic amines) is 1. The Morgan fingerprint density at radius 1 is 1.46 bits per heavy atom. The van der Waals surface area contributed by atoms with Crippen molar-refractivity contribution < 1.29 is 4.74 Å². The topological polar surface area (TPSA) is 36.3 Å². The van der Waals surface area contributed by atoms with Gasteiger partial charge in [-0.05, 0) is 32.4 Å². The van der Waals surface area contributed by atoms with E-state index in [9.17, 15) is 5.26 Å². The van der Waals surface area contributed by atoms with E-state index in [0.29, 0.717) is 6.61 Å². The first-order valence-electron chi connectivity index (χ1n) is 4.94. The predicted molar refractivity (Wildman–Crippen MR) is 51.3 cm³/mol. The van der Waals surface area contributed by atoms with Crippen molar-refractivity contribution in [1.29, 1.82) is 5.26 Å². The van der Waals surface area contributed by atoms with Gasteiger partial charge in [0.25, 0.3) is 0 Å². The molecule has 0 saturated carbocycles. The van der Waals surface area contributed by atoms with E-state index >= 15 is 0 Å². The smallest absolute Gasteiger partial charge is 0.132 e. The average Bonchev–Trinajstić information content (AvgIpc) is 2.68. The van der Waals surface area contributed by atoms with E-state index in [0.717, 1.165) is 19.5 Å². The maximum Gasteiger partial charge on any atom is 0.132 e. The summed E-state index contributed by atoms with van der Waals surface area (Å²) >= 11 is 0. The summed E-state index contributed by atoms with van der Waals surface area (Å²) in [6.07, 6.45) is 3.28. The van der Waals surface area contributed by atoms with Crippen LogP contribution in [0.1, 0.15) is 26.2 Å². The Morgan fingerprint density at radius 3 is 2.46 bits per heavy atom. The van der Waals surface area contributed by atoms with Gasteiger partial charge in [-0.25, -0.2) is 0 Å². The third kappa shape index (κ3) is 2.01. The molecule has 0 aromatic carbocycles. The minimum atomic E-state index is -0.370. The molecule has 0 aromatic heterocycles. The molecule has 0 radical (unpaired) electrons. The summed E-state index contributed by atoms with van der Waals surface area (Å²) in [5.74, 6) is 0. The second-order valence-corrected chi connectivity index (χ2v) is 3.62. The Hall–Kier alpha value is -0.590. The number of nitrogens with zero attached hydrogens (tertiary/aromatic N) is 2. The van der Waals surface area contributed by atoms with Gasteiger partial charge in [-0.15, -0.1) is 0 Å². The van der Waals surface area contributed by atoms with Crippen molar-refractivity contribution in [2.75, 3.05) is 26.8 Å². The zero-order valence-electron chi connectivity index (χ0n) is 8.55. The molecular weight excluding hydrogens is 164 g/mol. The Labute approximate surface area is 80.3 Å². The predicted octanol–water partition coefficient (Wildman–Crippen LogP) is 1.40. The highest BCUT2D eigenvalue weighted by atomic mass is 16.5. The summed E-state index contributed by atoms with van der Waals surface area (Å²) < 4.78 is 5.14. The molecule has 1 heterocycles. The van der Waals surface area contributed by atoms with E-state index in [1.807, 2.05) is 0 Å².